The lowest BCUT2D eigenvalue weighted by atomic mass is 9.98. The zero-order chi connectivity index (χ0) is 15.2. The summed E-state index contributed by atoms with van der Waals surface area (Å²) >= 11 is 1.58. The smallest absolute Gasteiger partial charge is 0.325 e. The number of nitrogens with zero attached hydrogens (tertiary/aromatic N) is 2. The van der Waals surface area contributed by atoms with Gasteiger partial charge in [0.1, 0.15) is 5.54 Å². The highest BCUT2D eigenvalue weighted by molar-refractivity contribution is 7.99. The summed E-state index contributed by atoms with van der Waals surface area (Å²) in [6.07, 6.45) is 1.40. The van der Waals surface area contributed by atoms with E-state index in [1.807, 2.05) is 19.9 Å². The van der Waals surface area contributed by atoms with Crippen LogP contribution in [0.25, 0.3) is 0 Å². The monoisotopic (exact) mass is 297 g/mol. The average Bonchev–Trinajstić information content (AvgIpc) is 2.34. The van der Waals surface area contributed by atoms with E-state index in [1.165, 1.54) is 0 Å². The van der Waals surface area contributed by atoms with Crippen molar-refractivity contribution in [2.24, 2.45) is 5.73 Å². The lowest BCUT2D eigenvalue weighted by Crippen LogP contribution is -2.46. The van der Waals surface area contributed by atoms with E-state index in [-0.39, 0.29) is 5.97 Å². The topological polar surface area (TPSA) is 78.1 Å². The summed E-state index contributed by atoms with van der Waals surface area (Å²) in [6.45, 7) is 7.76. The molecule has 0 saturated heterocycles. The highest BCUT2D eigenvalue weighted by Crippen LogP contribution is 2.19. The van der Waals surface area contributed by atoms with E-state index < -0.39 is 5.54 Å². The molecule has 1 atom stereocenters. The maximum atomic E-state index is 11.6. The van der Waals surface area contributed by atoms with Crippen molar-refractivity contribution in [1.82, 2.24) is 9.97 Å². The highest BCUT2D eigenvalue weighted by atomic mass is 32.2. The predicted molar refractivity (Wildman–Crippen MR) is 80.7 cm³/mol. The first-order valence-electron chi connectivity index (χ1n) is 6.76. The number of ether oxygens (including phenoxy) is 1. The van der Waals surface area contributed by atoms with Crippen LogP contribution in [0.4, 0.5) is 0 Å². The van der Waals surface area contributed by atoms with Gasteiger partial charge in [-0.05, 0) is 46.6 Å². The first kappa shape index (κ1) is 16.9. The molecule has 0 amide bonds. The van der Waals surface area contributed by atoms with Gasteiger partial charge in [-0.1, -0.05) is 11.8 Å². The molecule has 1 aromatic rings. The van der Waals surface area contributed by atoms with E-state index in [2.05, 4.69) is 9.97 Å². The Morgan fingerprint density at radius 2 is 2.00 bits per heavy atom. The van der Waals surface area contributed by atoms with Crippen molar-refractivity contribution in [3.63, 3.8) is 0 Å². The fraction of sp³-hybridized carbons (Fsp3) is 0.643. The van der Waals surface area contributed by atoms with Crippen LogP contribution in [0.2, 0.25) is 0 Å². The van der Waals surface area contributed by atoms with Gasteiger partial charge >= 0.3 is 5.97 Å². The zero-order valence-corrected chi connectivity index (χ0v) is 13.4. The minimum Gasteiger partial charge on any atom is -0.465 e. The van der Waals surface area contributed by atoms with E-state index >= 15 is 0 Å². The number of aryl methyl sites for hydroxylation is 2. The van der Waals surface area contributed by atoms with Crippen LogP contribution in [0.3, 0.4) is 0 Å². The van der Waals surface area contributed by atoms with Gasteiger partial charge in [0, 0.05) is 17.1 Å². The van der Waals surface area contributed by atoms with Crippen LogP contribution in [-0.4, -0.2) is 33.8 Å². The first-order valence-corrected chi connectivity index (χ1v) is 7.75. The van der Waals surface area contributed by atoms with Crippen molar-refractivity contribution in [3.05, 3.63) is 17.5 Å². The van der Waals surface area contributed by atoms with Crippen LogP contribution in [-0.2, 0) is 9.53 Å². The average molecular weight is 297 g/mol. The van der Waals surface area contributed by atoms with Gasteiger partial charge in [0.15, 0.2) is 5.16 Å². The van der Waals surface area contributed by atoms with Crippen LogP contribution in [0.15, 0.2) is 11.2 Å². The second-order valence-corrected chi connectivity index (χ2v) is 6.09. The molecule has 2 N–H and O–H groups in total. The number of carbonyl (C=O) groups is 1. The fourth-order valence-corrected chi connectivity index (χ4v) is 2.65. The zero-order valence-electron chi connectivity index (χ0n) is 12.6. The van der Waals surface area contributed by atoms with Gasteiger partial charge in [-0.15, -0.1) is 0 Å². The molecule has 0 aliphatic rings. The summed E-state index contributed by atoms with van der Waals surface area (Å²) in [5.41, 5.74) is 6.98. The van der Waals surface area contributed by atoms with Crippen molar-refractivity contribution in [2.75, 3.05) is 12.4 Å². The molecule has 0 aromatic carbocycles. The molecular formula is C14H23N3O2S. The number of thioether (sulfide) groups is 1. The maximum absolute atomic E-state index is 11.6. The number of hydrogen-bond donors (Lipinski definition) is 1. The lowest BCUT2D eigenvalue weighted by Gasteiger charge is -2.21. The molecule has 1 rings (SSSR count). The summed E-state index contributed by atoms with van der Waals surface area (Å²) in [4.78, 5) is 20.4. The Bertz CT molecular complexity index is 443. The Morgan fingerprint density at radius 1 is 1.40 bits per heavy atom. The van der Waals surface area contributed by atoms with E-state index in [4.69, 9.17) is 10.5 Å². The molecule has 1 aromatic heterocycles. The molecule has 0 saturated carbocycles. The molecule has 1 unspecified atom stereocenters. The van der Waals surface area contributed by atoms with Gasteiger partial charge in [0.05, 0.1) is 6.61 Å². The van der Waals surface area contributed by atoms with Gasteiger partial charge in [-0.3, -0.25) is 4.79 Å². The molecule has 0 aliphatic carbocycles. The molecule has 0 bridgehead atoms. The van der Waals surface area contributed by atoms with Crippen molar-refractivity contribution in [2.45, 2.75) is 51.2 Å². The third-order valence-electron chi connectivity index (χ3n) is 2.78. The molecule has 0 aliphatic heterocycles. The van der Waals surface area contributed by atoms with Crippen LogP contribution in [0.5, 0.6) is 0 Å². The number of hydrogen-bond acceptors (Lipinski definition) is 6. The summed E-state index contributed by atoms with van der Waals surface area (Å²) < 4.78 is 4.96. The second-order valence-electron chi connectivity index (χ2n) is 5.02. The molecular weight excluding hydrogens is 274 g/mol. The van der Waals surface area contributed by atoms with Gasteiger partial charge in [-0.2, -0.15) is 0 Å². The van der Waals surface area contributed by atoms with Gasteiger partial charge in [-0.25, -0.2) is 9.97 Å². The van der Waals surface area contributed by atoms with Gasteiger partial charge in [0.25, 0.3) is 0 Å². The van der Waals surface area contributed by atoms with Crippen molar-refractivity contribution in [3.8, 4) is 0 Å². The van der Waals surface area contributed by atoms with E-state index in [0.717, 1.165) is 28.7 Å². The third-order valence-corrected chi connectivity index (χ3v) is 3.71. The van der Waals surface area contributed by atoms with Crippen molar-refractivity contribution < 1.29 is 9.53 Å². The van der Waals surface area contributed by atoms with Crippen molar-refractivity contribution >= 4 is 17.7 Å². The maximum Gasteiger partial charge on any atom is 0.325 e. The van der Waals surface area contributed by atoms with E-state index in [9.17, 15) is 4.79 Å². The number of rotatable bonds is 7. The summed E-state index contributed by atoms with van der Waals surface area (Å²) in [5.74, 6) is 0.488. The quantitative estimate of drug-likeness (QED) is 0.360. The third kappa shape index (κ3) is 5.46. The van der Waals surface area contributed by atoms with Crippen LogP contribution < -0.4 is 5.73 Å². The number of nitrogens with two attached hydrogens (primary N) is 1. The second kappa shape index (κ2) is 7.59. The molecule has 6 heteroatoms. The van der Waals surface area contributed by atoms with Crippen LogP contribution in [0.1, 0.15) is 38.1 Å². The molecule has 20 heavy (non-hydrogen) atoms. The normalized spacial score (nSPS) is 13.8. The van der Waals surface area contributed by atoms with E-state index in [1.54, 1.807) is 25.6 Å². The minimum absolute atomic E-state index is 0.340. The Labute approximate surface area is 124 Å². The van der Waals surface area contributed by atoms with Crippen LogP contribution in [0, 0.1) is 13.8 Å². The molecule has 5 nitrogen and oxygen atoms in total. The van der Waals surface area contributed by atoms with Crippen molar-refractivity contribution in [1.29, 1.82) is 0 Å². The summed E-state index contributed by atoms with van der Waals surface area (Å²) in [5, 5.41) is 0.775. The Morgan fingerprint density at radius 3 is 2.55 bits per heavy atom. The highest BCUT2D eigenvalue weighted by Gasteiger charge is 2.29. The number of aromatic nitrogens is 2. The minimum atomic E-state index is -0.917. The van der Waals surface area contributed by atoms with E-state index in [0.29, 0.717) is 13.0 Å². The summed E-state index contributed by atoms with van der Waals surface area (Å²) in [6, 6.07) is 1.95. The predicted octanol–water partition coefficient (Wildman–Crippen LogP) is 2.25. The van der Waals surface area contributed by atoms with Crippen LogP contribution >= 0.6 is 11.8 Å². The SMILES string of the molecule is CCOC(=O)C(C)(N)CCCSc1nc(C)cc(C)n1. The summed E-state index contributed by atoms with van der Waals surface area (Å²) in [7, 11) is 0. The molecule has 0 spiro atoms. The lowest BCUT2D eigenvalue weighted by molar-refractivity contribution is -0.149. The van der Waals surface area contributed by atoms with Gasteiger partial charge in [0.2, 0.25) is 0 Å². The Hall–Kier alpha value is -1.14. The largest absolute Gasteiger partial charge is 0.465 e. The molecule has 0 radical (unpaired) electrons. The molecule has 0 fully saturated rings. The fourth-order valence-electron chi connectivity index (χ4n) is 1.76. The Balaban J connectivity index is 2.39. The molecule has 1 heterocycles. The Kier molecular flexibility index (Phi) is 6.42. The standard InChI is InChI=1S/C14H23N3O2S/c1-5-19-12(18)14(4,15)7-6-8-20-13-16-10(2)9-11(3)17-13/h9H,5-8,15H2,1-4H3. The van der Waals surface area contributed by atoms with Gasteiger partial charge < -0.3 is 10.5 Å². The molecule has 112 valence electrons. The first-order chi connectivity index (χ1) is 9.35. The number of esters is 1. The number of carbonyl (C=O) groups excluding carboxylic acids is 1.